The second kappa shape index (κ2) is 8.91. The predicted molar refractivity (Wildman–Crippen MR) is 121 cm³/mol. The van der Waals surface area contributed by atoms with E-state index in [1.165, 1.54) is 20.2 Å². The fraction of sp³-hybridized carbons (Fsp3) is 0.520. The highest BCUT2D eigenvalue weighted by Gasteiger charge is 2.47. The standard InChI is InChI=1S/C25H30FNO6/c1-14(28)17-11-27-22(21(26)23(17)29)16-10-19(31-5)20(33-8-6-7-30-4)9-15(16)18-12-32-13-25(2,3)24(18)27/h9-11,18,24H,6-8,12-13H2,1-5H3/t18-,24+/m1/s1. The number of benzene rings is 1. The molecule has 7 nitrogen and oxygen atoms in total. The number of methoxy groups -OCH3 is 2. The number of ether oxygens (including phenoxy) is 4. The molecule has 1 fully saturated rings. The maximum atomic E-state index is 15.6. The zero-order valence-corrected chi connectivity index (χ0v) is 19.7. The van der Waals surface area contributed by atoms with Gasteiger partial charge in [-0.1, -0.05) is 13.8 Å². The van der Waals surface area contributed by atoms with Gasteiger partial charge in [-0.3, -0.25) is 9.59 Å². The van der Waals surface area contributed by atoms with Crippen LogP contribution in [0.25, 0.3) is 11.3 Å². The molecule has 1 aromatic heterocycles. The van der Waals surface area contributed by atoms with Crippen LogP contribution in [-0.4, -0.2) is 51.0 Å². The number of halogens is 1. The van der Waals surface area contributed by atoms with Crippen molar-refractivity contribution in [3.63, 3.8) is 0 Å². The quantitative estimate of drug-likeness (QED) is 0.461. The van der Waals surface area contributed by atoms with Crippen molar-refractivity contribution in [3.8, 4) is 22.8 Å². The summed E-state index contributed by atoms with van der Waals surface area (Å²) in [6, 6.07) is 3.37. The summed E-state index contributed by atoms with van der Waals surface area (Å²) in [6.07, 6.45) is 2.22. The van der Waals surface area contributed by atoms with Crippen molar-refractivity contribution < 1.29 is 28.1 Å². The summed E-state index contributed by atoms with van der Waals surface area (Å²) in [7, 11) is 3.15. The lowest BCUT2D eigenvalue weighted by Gasteiger charge is -2.49. The highest BCUT2D eigenvalue weighted by atomic mass is 19.1. The minimum absolute atomic E-state index is 0.120. The molecule has 0 amide bonds. The molecule has 0 N–H and O–H groups in total. The number of pyridine rings is 1. The summed E-state index contributed by atoms with van der Waals surface area (Å²) in [5.41, 5.74) is 0.144. The average Bonchev–Trinajstić information content (AvgIpc) is 2.77. The Balaban J connectivity index is 1.95. The van der Waals surface area contributed by atoms with Crippen molar-refractivity contribution in [1.82, 2.24) is 4.57 Å². The Kier molecular flexibility index (Phi) is 6.33. The number of rotatable bonds is 7. The maximum Gasteiger partial charge on any atom is 0.228 e. The summed E-state index contributed by atoms with van der Waals surface area (Å²) in [6.45, 7) is 7.29. The van der Waals surface area contributed by atoms with Gasteiger partial charge >= 0.3 is 0 Å². The van der Waals surface area contributed by atoms with Gasteiger partial charge in [-0.25, -0.2) is 4.39 Å². The first-order chi connectivity index (χ1) is 15.7. The van der Waals surface area contributed by atoms with E-state index >= 15 is 4.39 Å². The predicted octanol–water partition coefficient (Wildman–Crippen LogP) is 3.98. The minimum atomic E-state index is -0.930. The Hall–Kier alpha value is -2.71. The number of hydrogen-bond donors (Lipinski definition) is 0. The summed E-state index contributed by atoms with van der Waals surface area (Å²) in [5, 5.41) is 0. The van der Waals surface area contributed by atoms with E-state index in [1.807, 2.05) is 19.9 Å². The van der Waals surface area contributed by atoms with E-state index in [9.17, 15) is 9.59 Å². The lowest BCUT2D eigenvalue weighted by molar-refractivity contribution is -0.0432. The van der Waals surface area contributed by atoms with Crippen LogP contribution < -0.4 is 14.9 Å². The Labute approximate surface area is 192 Å². The molecule has 0 unspecified atom stereocenters. The zero-order chi connectivity index (χ0) is 23.9. The van der Waals surface area contributed by atoms with Crippen LogP contribution >= 0.6 is 0 Å². The number of Topliss-reactive ketones (excluding diaryl/α,β-unsaturated/α-hetero) is 1. The number of carbonyl (C=O) groups excluding carboxylic acids is 1. The lowest BCUT2D eigenvalue weighted by Crippen LogP contribution is -2.45. The molecule has 33 heavy (non-hydrogen) atoms. The van der Waals surface area contributed by atoms with Crippen molar-refractivity contribution in [2.75, 3.05) is 40.6 Å². The van der Waals surface area contributed by atoms with E-state index in [-0.39, 0.29) is 28.6 Å². The van der Waals surface area contributed by atoms with Gasteiger partial charge in [0.15, 0.2) is 23.1 Å². The van der Waals surface area contributed by atoms with Crippen molar-refractivity contribution in [1.29, 1.82) is 0 Å². The number of hydrogen-bond acceptors (Lipinski definition) is 6. The molecule has 178 valence electrons. The van der Waals surface area contributed by atoms with Crippen molar-refractivity contribution in [2.24, 2.45) is 5.41 Å². The smallest absolute Gasteiger partial charge is 0.228 e. The first-order valence-electron chi connectivity index (χ1n) is 11.1. The van der Waals surface area contributed by atoms with Crippen molar-refractivity contribution in [2.45, 2.75) is 39.2 Å². The third-order valence-electron chi connectivity index (χ3n) is 6.55. The molecular weight excluding hydrogens is 429 g/mol. The van der Waals surface area contributed by atoms with Crippen LogP contribution in [0.2, 0.25) is 0 Å². The molecule has 0 spiro atoms. The fourth-order valence-corrected chi connectivity index (χ4v) is 5.07. The van der Waals surface area contributed by atoms with Gasteiger partial charge in [-0.2, -0.15) is 0 Å². The third kappa shape index (κ3) is 3.95. The molecule has 8 heteroatoms. The molecule has 2 atom stereocenters. The minimum Gasteiger partial charge on any atom is -0.493 e. The SMILES string of the molecule is COCCCOc1cc2c(cc1OC)-c1c(F)c(=O)c(C(C)=O)cn1[C@H]1[C@@H]2COCC1(C)C. The van der Waals surface area contributed by atoms with Gasteiger partial charge in [-0.15, -0.1) is 0 Å². The van der Waals surface area contributed by atoms with E-state index in [1.54, 1.807) is 17.7 Å². The monoisotopic (exact) mass is 459 g/mol. The van der Waals surface area contributed by atoms with E-state index in [2.05, 4.69) is 0 Å². The number of ketones is 1. The Bertz CT molecular complexity index is 1140. The van der Waals surface area contributed by atoms with Gasteiger partial charge in [0.05, 0.1) is 44.2 Å². The first-order valence-corrected chi connectivity index (χ1v) is 11.1. The zero-order valence-electron chi connectivity index (χ0n) is 19.7. The van der Waals surface area contributed by atoms with Gasteiger partial charge in [0.2, 0.25) is 5.43 Å². The Morgan fingerprint density at radius 3 is 2.67 bits per heavy atom. The molecule has 3 heterocycles. The van der Waals surface area contributed by atoms with Crippen molar-refractivity contribution in [3.05, 3.63) is 45.5 Å². The van der Waals surface area contributed by atoms with E-state index in [0.717, 1.165) is 5.56 Å². The largest absolute Gasteiger partial charge is 0.493 e. The molecule has 2 aromatic rings. The van der Waals surface area contributed by atoms with Gasteiger partial charge in [0.1, 0.15) is 0 Å². The highest BCUT2D eigenvalue weighted by molar-refractivity contribution is 5.94. The van der Waals surface area contributed by atoms with Gasteiger partial charge in [0, 0.05) is 43.2 Å². The number of carbonyl (C=O) groups is 1. The van der Waals surface area contributed by atoms with Crippen LogP contribution in [0.1, 0.15) is 55.1 Å². The van der Waals surface area contributed by atoms with Crippen LogP contribution in [0.5, 0.6) is 11.5 Å². The van der Waals surface area contributed by atoms with Crippen LogP contribution in [0.15, 0.2) is 23.1 Å². The van der Waals surface area contributed by atoms with E-state index < -0.39 is 17.0 Å². The third-order valence-corrected chi connectivity index (χ3v) is 6.55. The molecule has 1 saturated heterocycles. The molecule has 1 aromatic carbocycles. The van der Waals surface area contributed by atoms with Crippen molar-refractivity contribution >= 4 is 5.78 Å². The molecule has 2 aliphatic heterocycles. The van der Waals surface area contributed by atoms with Gasteiger partial charge < -0.3 is 23.5 Å². The van der Waals surface area contributed by atoms with Crippen LogP contribution in [-0.2, 0) is 9.47 Å². The van der Waals surface area contributed by atoms with Gasteiger partial charge in [-0.05, 0) is 24.6 Å². The maximum absolute atomic E-state index is 15.6. The summed E-state index contributed by atoms with van der Waals surface area (Å²) in [4.78, 5) is 24.8. The lowest BCUT2D eigenvalue weighted by atomic mass is 9.70. The molecule has 2 aliphatic rings. The van der Waals surface area contributed by atoms with E-state index in [0.29, 0.717) is 49.9 Å². The number of aromatic nitrogens is 1. The normalized spacial score (nSPS) is 20.4. The Morgan fingerprint density at radius 2 is 2.00 bits per heavy atom. The average molecular weight is 460 g/mol. The second-order valence-corrected chi connectivity index (χ2v) is 9.34. The molecule has 0 radical (unpaired) electrons. The van der Waals surface area contributed by atoms with Crippen LogP contribution in [0, 0.1) is 11.2 Å². The summed E-state index contributed by atoms with van der Waals surface area (Å²) >= 11 is 0. The highest BCUT2D eigenvalue weighted by Crippen LogP contribution is 2.54. The van der Waals surface area contributed by atoms with E-state index in [4.69, 9.17) is 18.9 Å². The fourth-order valence-electron chi connectivity index (χ4n) is 5.07. The molecular formula is C25H30FNO6. The number of fused-ring (bicyclic) bond motifs is 6. The molecule has 0 aliphatic carbocycles. The Morgan fingerprint density at radius 1 is 1.24 bits per heavy atom. The molecule has 0 saturated carbocycles. The second-order valence-electron chi connectivity index (χ2n) is 9.34. The molecule has 0 bridgehead atoms. The topological polar surface area (TPSA) is 76.0 Å². The molecule has 4 rings (SSSR count). The van der Waals surface area contributed by atoms with Crippen LogP contribution in [0.3, 0.4) is 0 Å². The first kappa shape index (κ1) is 23.4. The van der Waals surface area contributed by atoms with Gasteiger partial charge in [0.25, 0.3) is 0 Å². The summed E-state index contributed by atoms with van der Waals surface area (Å²) < 4.78 is 39.9. The number of nitrogens with zero attached hydrogens (tertiary/aromatic N) is 1. The van der Waals surface area contributed by atoms with Crippen LogP contribution in [0.4, 0.5) is 4.39 Å². The summed E-state index contributed by atoms with van der Waals surface area (Å²) in [5.74, 6) is -0.523.